The summed E-state index contributed by atoms with van der Waals surface area (Å²) in [4.78, 5) is 41.1. The summed E-state index contributed by atoms with van der Waals surface area (Å²) in [6, 6.07) is 4.98. The molecule has 28 heavy (non-hydrogen) atoms. The zero-order valence-corrected chi connectivity index (χ0v) is 17.5. The zero-order chi connectivity index (χ0) is 20.1. The number of nitrogens with zero attached hydrogens (tertiary/aromatic N) is 1. The molecular weight excluding hydrogens is 398 g/mol. The van der Waals surface area contributed by atoms with Gasteiger partial charge in [-0.1, -0.05) is 24.9 Å². The second-order valence-electron chi connectivity index (χ2n) is 7.67. The highest BCUT2D eigenvalue weighted by Crippen LogP contribution is 2.53. The molecule has 0 radical (unpaired) electrons. The van der Waals surface area contributed by atoms with Crippen LogP contribution in [0, 0.1) is 11.8 Å². The van der Waals surface area contributed by atoms with Crippen molar-refractivity contribution in [2.45, 2.75) is 37.8 Å². The molecule has 3 heterocycles. The number of anilines is 1. The lowest BCUT2D eigenvalue weighted by Crippen LogP contribution is -2.53. The molecule has 0 saturated carbocycles. The molecule has 3 amide bonds. The van der Waals surface area contributed by atoms with Crippen molar-refractivity contribution in [3.8, 4) is 0 Å². The van der Waals surface area contributed by atoms with Crippen molar-refractivity contribution in [2.75, 3.05) is 23.9 Å². The van der Waals surface area contributed by atoms with Gasteiger partial charge in [-0.2, -0.15) is 11.8 Å². The number of fused-ring (bicyclic) bond motifs is 4. The Morgan fingerprint density at radius 2 is 2.04 bits per heavy atom. The fourth-order valence-electron chi connectivity index (χ4n) is 4.86. The van der Waals surface area contributed by atoms with Crippen molar-refractivity contribution in [1.82, 2.24) is 10.2 Å². The van der Waals surface area contributed by atoms with Crippen LogP contribution >= 0.6 is 23.4 Å². The fraction of sp³-hybridized carbons (Fsp3) is 0.550. The number of hydrogen-bond acceptors (Lipinski definition) is 5. The number of nitrogens with one attached hydrogen (secondary N) is 2. The van der Waals surface area contributed by atoms with Crippen molar-refractivity contribution in [2.24, 2.45) is 11.8 Å². The van der Waals surface area contributed by atoms with E-state index in [0.717, 1.165) is 18.6 Å². The predicted molar refractivity (Wildman–Crippen MR) is 110 cm³/mol. The number of hydrogen-bond donors (Lipinski definition) is 2. The van der Waals surface area contributed by atoms with Crippen LogP contribution < -0.4 is 10.6 Å². The summed E-state index contributed by atoms with van der Waals surface area (Å²) in [5.41, 5.74) is 0.0883. The minimum atomic E-state index is -1.23. The largest absolute Gasteiger partial charge is 0.324 e. The first-order valence-electron chi connectivity index (χ1n) is 9.69. The van der Waals surface area contributed by atoms with Crippen molar-refractivity contribution >= 4 is 46.8 Å². The van der Waals surface area contributed by atoms with Crippen LogP contribution in [0.4, 0.5) is 5.69 Å². The van der Waals surface area contributed by atoms with E-state index in [0.29, 0.717) is 29.2 Å². The molecule has 0 bridgehead atoms. The molecular formula is C20H24ClN3O3S. The second kappa shape index (κ2) is 7.35. The summed E-state index contributed by atoms with van der Waals surface area (Å²) in [6.45, 7) is 2.44. The Morgan fingerprint density at radius 1 is 1.25 bits per heavy atom. The molecule has 2 saturated heterocycles. The fourth-order valence-corrected chi connectivity index (χ4v) is 5.53. The van der Waals surface area contributed by atoms with Crippen LogP contribution in [0.3, 0.4) is 0 Å². The summed E-state index contributed by atoms with van der Waals surface area (Å²) in [5, 5.41) is 6.81. The number of carbonyl (C=O) groups excluding carboxylic acids is 3. The third-order valence-corrected chi connectivity index (χ3v) is 7.02. The molecule has 6 nitrogen and oxygen atoms in total. The van der Waals surface area contributed by atoms with E-state index in [-0.39, 0.29) is 23.8 Å². The lowest BCUT2D eigenvalue weighted by atomic mass is 9.76. The number of thioether (sulfide) groups is 1. The molecule has 2 N–H and O–H groups in total. The maximum atomic E-state index is 13.4. The molecule has 150 valence electrons. The first kappa shape index (κ1) is 19.7. The van der Waals surface area contributed by atoms with Gasteiger partial charge in [0.05, 0.1) is 11.8 Å². The summed E-state index contributed by atoms with van der Waals surface area (Å²) >= 11 is 7.91. The van der Waals surface area contributed by atoms with E-state index in [2.05, 4.69) is 10.6 Å². The number of unbranched alkanes of at least 4 members (excludes halogenated alkanes) is 1. The number of likely N-dealkylation sites (tertiary alicyclic amines) is 1. The van der Waals surface area contributed by atoms with Gasteiger partial charge in [-0.25, -0.2) is 0 Å². The number of carbonyl (C=O) groups is 3. The van der Waals surface area contributed by atoms with Crippen LogP contribution in [0.15, 0.2) is 18.2 Å². The Labute approximate surface area is 173 Å². The normalized spacial score (nSPS) is 30.9. The Hall–Kier alpha value is -1.57. The summed E-state index contributed by atoms with van der Waals surface area (Å²) in [7, 11) is 0. The van der Waals surface area contributed by atoms with Gasteiger partial charge < -0.3 is 5.32 Å². The molecule has 1 spiro atoms. The van der Waals surface area contributed by atoms with Gasteiger partial charge in [0.25, 0.3) is 0 Å². The van der Waals surface area contributed by atoms with Crippen LogP contribution in [0.25, 0.3) is 0 Å². The number of halogens is 1. The van der Waals surface area contributed by atoms with E-state index < -0.39 is 17.4 Å². The van der Waals surface area contributed by atoms with Crippen molar-refractivity contribution < 1.29 is 14.4 Å². The van der Waals surface area contributed by atoms with Crippen LogP contribution in [-0.2, 0) is 19.9 Å². The topological polar surface area (TPSA) is 78.5 Å². The van der Waals surface area contributed by atoms with Gasteiger partial charge in [0, 0.05) is 28.9 Å². The quantitative estimate of drug-likeness (QED) is 0.690. The molecule has 0 unspecified atom stereocenters. The van der Waals surface area contributed by atoms with E-state index in [1.165, 1.54) is 4.90 Å². The minimum Gasteiger partial charge on any atom is -0.324 e. The third-order valence-electron chi connectivity index (χ3n) is 6.14. The average molecular weight is 422 g/mol. The molecule has 1 aromatic rings. The van der Waals surface area contributed by atoms with Crippen LogP contribution in [0.1, 0.15) is 31.7 Å². The number of imide groups is 1. The van der Waals surface area contributed by atoms with E-state index in [1.54, 1.807) is 30.0 Å². The average Bonchev–Trinajstić information content (AvgIpc) is 3.24. The SMILES string of the molecule is CCCCN1C(=O)[C@@H]2[C@H](CCSC)N[C@]3(C(=O)Nc4ccc(Cl)cc43)[C@@H]2C1=O. The molecule has 3 aliphatic heterocycles. The number of amides is 3. The predicted octanol–water partition coefficient (Wildman–Crippen LogP) is 2.61. The smallest absolute Gasteiger partial charge is 0.250 e. The van der Waals surface area contributed by atoms with Crippen molar-refractivity contribution in [3.05, 3.63) is 28.8 Å². The Bertz CT molecular complexity index is 848. The molecule has 0 aliphatic carbocycles. The van der Waals surface area contributed by atoms with Gasteiger partial charge in [-0.15, -0.1) is 0 Å². The van der Waals surface area contributed by atoms with Gasteiger partial charge in [-0.05, 0) is 43.0 Å². The lowest BCUT2D eigenvalue weighted by Gasteiger charge is -2.29. The third kappa shape index (κ3) is 2.70. The van der Waals surface area contributed by atoms with Crippen molar-refractivity contribution in [1.29, 1.82) is 0 Å². The highest BCUT2D eigenvalue weighted by molar-refractivity contribution is 7.98. The monoisotopic (exact) mass is 421 g/mol. The van der Waals surface area contributed by atoms with E-state index >= 15 is 0 Å². The van der Waals surface area contributed by atoms with Crippen LogP contribution in [0.5, 0.6) is 0 Å². The maximum absolute atomic E-state index is 13.4. The van der Waals surface area contributed by atoms with E-state index in [9.17, 15) is 14.4 Å². The van der Waals surface area contributed by atoms with Crippen LogP contribution in [0.2, 0.25) is 5.02 Å². The molecule has 2 fully saturated rings. The molecule has 8 heteroatoms. The summed E-state index contributed by atoms with van der Waals surface area (Å²) < 4.78 is 0. The first-order valence-corrected chi connectivity index (χ1v) is 11.5. The van der Waals surface area contributed by atoms with Gasteiger partial charge >= 0.3 is 0 Å². The van der Waals surface area contributed by atoms with Crippen molar-refractivity contribution in [3.63, 3.8) is 0 Å². The standard InChI is InChI=1S/C20H24ClN3O3S/c1-3-4-8-24-17(25)15-14(7-9-28-2)23-20(16(15)18(24)26)12-10-11(21)5-6-13(12)22-19(20)27/h5-6,10,14-16,23H,3-4,7-9H2,1-2H3,(H,22,27)/t14-,15+,16-,20-/m0/s1. The van der Waals surface area contributed by atoms with Gasteiger partial charge in [-0.3, -0.25) is 24.6 Å². The minimum absolute atomic E-state index is 0.151. The lowest BCUT2D eigenvalue weighted by molar-refractivity contribution is -0.142. The molecule has 4 atom stereocenters. The number of rotatable bonds is 6. The van der Waals surface area contributed by atoms with Gasteiger partial charge in [0.15, 0.2) is 0 Å². The number of benzene rings is 1. The second-order valence-corrected chi connectivity index (χ2v) is 9.09. The first-order chi connectivity index (χ1) is 13.5. The van der Waals surface area contributed by atoms with Gasteiger partial charge in [0.1, 0.15) is 5.54 Å². The summed E-state index contributed by atoms with van der Waals surface area (Å²) in [5.74, 6) is -1.08. The van der Waals surface area contributed by atoms with Crippen LogP contribution in [-0.4, -0.2) is 47.2 Å². The maximum Gasteiger partial charge on any atom is 0.250 e. The Balaban J connectivity index is 1.81. The van der Waals surface area contributed by atoms with E-state index in [4.69, 9.17) is 11.6 Å². The zero-order valence-electron chi connectivity index (χ0n) is 16.0. The highest BCUT2D eigenvalue weighted by atomic mass is 35.5. The molecule has 1 aromatic carbocycles. The molecule has 0 aromatic heterocycles. The summed E-state index contributed by atoms with van der Waals surface area (Å²) in [6.07, 6.45) is 4.38. The molecule has 3 aliphatic rings. The highest BCUT2D eigenvalue weighted by Gasteiger charge is 2.70. The molecule has 4 rings (SSSR count). The van der Waals surface area contributed by atoms with E-state index in [1.807, 2.05) is 13.2 Å². The Kier molecular flexibility index (Phi) is 5.18. The van der Waals surface area contributed by atoms with Gasteiger partial charge in [0.2, 0.25) is 17.7 Å². The Morgan fingerprint density at radius 3 is 2.75 bits per heavy atom.